The highest BCUT2D eigenvalue weighted by molar-refractivity contribution is 5.59. The first-order valence-electron chi connectivity index (χ1n) is 8.27. The molecule has 0 bridgehead atoms. The predicted molar refractivity (Wildman–Crippen MR) is 99.4 cm³/mol. The summed E-state index contributed by atoms with van der Waals surface area (Å²) < 4.78 is 1.83. The van der Waals surface area contributed by atoms with E-state index < -0.39 is 0 Å². The molecule has 0 aliphatic heterocycles. The number of hydrogen-bond donors (Lipinski definition) is 1. The molecule has 6 nitrogen and oxygen atoms in total. The standard InChI is InChI=1S/C20H16N6/c1-14(16-5-3-2-4-6-16)24-18-9-10-22-20(25-18)17-12-23-19-8-7-15(11-21)13-26(17)19/h2-10,12-14H,1H3,(H,22,24,25). The zero-order valence-corrected chi connectivity index (χ0v) is 14.2. The largest absolute Gasteiger partial charge is 0.363 e. The zero-order valence-electron chi connectivity index (χ0n) is 14.2. The molecule has 0 aliphatic rings. The fourth-order valence-corrected chi connectivity index (χ4v) is 2.82. The molecule has 3 aromatic heterocycles. The van der Waals surface area contributed by atoms with Gasteiger partial charge in [0, 0.05) is 18.4 Å². The van der Waals surface area contributed by atoms with Gasteiger partial charge >= 0.3 is 0 Å². The van der Waals surface area contributed by atoms with Crippen LogP contribution < -0.4 is 5.32 Å². The highest BCUT2D eigenvalue weighted by Crippen LogP contribution is 2.21. The van der Waals surface area contributed by atoms with Crippen LogP contribution >= 0.6 is 0 Å². The maximum atomic E-state index is 9.12. The van der Waals surface area contributed by atoms with Crippen molar-refractivity contribution in [3.05, 3.63) is 78.2 Å². The SMILES string of the molecule is CC(Nc1ccnc(-c2cnc3ccc(C#N)cn23)n1)c1ccccc1. The Morgan fingerprint density at radius 2 is 1.92 bits per heavy atom. The third kappa shape index (κ3) is 2.98. The van der Waals surface area contributed by atoms with Crippen molar-refractivity contribution in [3.63, 3.8) is 0 Å². The lowest BCUT2D eigenvalue weighted by molar-refractivity contribution is 0.872. The van der Waals surface area contributed by atoms with E-state index in [4.69, 9.17) is 5.26 Å². The van der Waals surface area contributed by atoms with Gasteiger partial charge in [-0.1, -0.05) is 30.3 Å². The van der Waals surface area contributed by atoms with Crippen molar-refractivity contribution in [2.45, 2.75) is 13.0 Å². The van der Waals surface area contributed by atoms with Crippen molar-refractivity contribution >= 4 is 11.5 Å². The van der Waals surface area contributed by atoms with Crippen molar-refractivity contribution in [2.24, 2.45) is 0 Å². The van der Waals surface area contributed by atoms with Gasteiger partial charge in [-0.3, -0.25) is 4.40 Å². The van der Waals surface area contributed by atoms with Crippen LogP contribution in [0.3, 0.4) is 0 Å². The van der Waals surface area contributed by atoms with Crippen molar-refractivity contribution < 1.29 is 0 Å². The number of aromatic nitrogens is 4. The number of nitrogens with one attached hydrogen (secondary N) is 1. The Bertz CT molecular complexity index is 1090. The monoisotopic (exact) mass is 340 g/mol. The molecule has 1 aromatic carbocycles. The first-order chi connectivity index (χ1) is 12.7. The Labute approximate surface area is 150 Å². The number of fused-ring (bicyclic) bond motifs is 1. The maximum absolute atomic E-state index is 9.12. The van der Waals surface area contributed by atoms with Crippen LogP contribution in [0.4, 0.5) is 5.82 Å². The molecule has 4 aromatic rings. The summed E-state index contributed by atoms with van der Waals surface area (Å²) in [6.07, 6.45) is 5.18. The van der Waals surface area contributed by atoms with Crippen LogP contribution in [-0.4, -0.2) is 19.4 Å². The molecule has 4 rings (SSSR count). The number of benzene rings is 1. The Morgan fingerprint density at radius 3 is 2.73 bits per heavy atom. The summed E-state index contributed by atoms with van der Waals surface area (Å²) >= 11 is 0. The maximum Gasteiger partial charge on any atom is 0.180 e. The average molecular weight is 340 g/mol. The molecule has 0 saturated heterocycles. The zero-order chi connectivity index (χ0) is 17.9. The Balaban J connectivity index is 1.67. The summed E-state index contributed by atoms with van der Waals surface area (Å²) in [5, 5.41) is 12.5. The number of pyridine rings is 1. The summed E-state index contributed by atoms with van der Waals surface area (Å²) in [7, 11) is 0. The topological polar surface area (TPSA) is 78.9 Å². The van der Waals surface area contributed by atoms with Crippen LogP contribution in [0.5, 0.6) is 0 Å². The number of anilines is 1. The molecule has 1 atom stereocenters. The first kappa shape index (κ1) is 15.8. The molecule has 6 heteroatoms. The third-order valence-corrected chi connectivity index (χ3v) is 4.18. The normalized spacial score (nSPS) is 11.8. The van der Waals surface area contributed by atoms with Gasteiger partial charge in [0.25, 0.3) is 0 Å². The third-order valence-electron chi connectivity index (χ3n) is 4.18. The van der Waals surface area contributed by atoms with E-state index >= 15 is 0 Å². The molecule has 0 radical (unpaired) electrons. The lowest BCUT2D eigenvalue weighted by Crippen LogP contribution is -2.08. The van der Waals surface area contributed by atoms with E-state index in [0.717, 1.165) is 17.2 Å². The van der Waals surface area contributed by atoms with Gasteiger partial charge < -0.3 is 5.32 Å². The van der Waals surface area contributed by atoms with Crippen molar-refractivity contribution in [1.29, 1.82) is 5.26 Å². The molecular formula is C20H16N6. The van der Waals surface area contributed by atoms with Crippen LogP contribution in [0.15, 0.2) is 67.1 Å². The molecule has 0 saturated carbocycles. The van der Waals surface area contributed by atoms with Gasteiger partial charge in [0.05, 0.1) is 11.8 Å². The van der Waals surface area contributed by atoms with E-state index in [1.807, 2.05) is 34.7 Å². The highest BCUT2D eigenvalue weighted by atomic mass is 15.1. The van der Waals surface area contributed by atoms with Crippen LogP contribution in [0.25, 0.3) is 17.2 Å². The minimum absolute atomic E-state index is 0.117. The van der Waals surface area contributed by atoms with Crippen LogP contribution in [0.1, 0.15) is 24.1 Å². The molecule has 0 fully saturated rings. The lowest BCUT2D eigenvalue weighted by Gasteiger charge is -2.15. The summed E-state index contributed by atoms with van der Waals surface area (Å²) in [6, 6.07) is 17.8. The van der Waals surface area contributed by atoms with Crippen LogP contribution in [-0.2, 0) is 0 Å². The molecule has 3 heterocycles. The van der Waals surface area contributed by atoms with E-state index in [-0.39, 0.29) is 6.04 Å². The van der Waals surface area contributed by atoms with Crippen molar-refractivity contribution in [2.75, 3.05) is 5.32 Å². The van der Waals surface area contributed by atoms with Gasteiger partial charge in [0.2, 0.25) is 0 Å². The summed E-state index contributed by atoms with van der Waals surface area (Å²) in [5.74, 6) is 1.29. The van der Waals surface area contributed by atoms with Crippen molar-refractivity contribution in [3.8, 4) is 17.6 Å². The molecule has 126 valence electrons. The number of nitrogens with zero attached hydrogens (tertiary/aromatic N) is 5. The van der Waals surface area contributed by atoms with Gasteiger partial charge in [-0.2, -0.15) is 5.26 Å². The van der Waals surface area contributed by atoms with Gasteiger partial charge in [-0.05, 0) is 30.7 Å². The Morgan fingerprint density at radius 1 is 1.08 bits per heavy atom. The van der Waals surface area contributed by atoms with Gasteiger partial charge in [-0.15, -0.1) is 0 Å². The van der Waals surface area contributed by atoms with E-state index in [1.54, 1.807) is 24.7 Å². The summed E-state index contributed by atoms with van der Waals surface area (Å²) in [4.78, 5) is 13.4. The first-order valence-corrected chi connectivity index (χ1v) is 8.27. The highest BCUT2D eigenvalue weighted by Gasteiger charge is 2.11. The fourth-order valence-electron chi connectivity index (χ4n) is 2.82. The lowest BCUT2D eigenvalue weighted by atomic mass is 10.1. The van der Waals surface area contributed by atoms with E-state index in [0.29, 0.717) is 11.4 Å². The van der Waals surface area contributed by atoms with Gasteiger partial charge in [-0.25, -0.2) is 15.0 Å². The number of nitriles is 1. The predicted octanol–water partition coefficient (Wildman–Crippen LogP) is 3.84. The number of hydrogen-bond acceptors (Lipinski definition) is 5. The number of rotatable bonds is 4. The van der Waals surface area contributed by atoms with E-state index in [1.165, 1.54) is 5.56 Å². The Kier molecular flexibility index (Phi) is 4.04. The molecule has 0 aliphatic carbocycles. The molecule has 0 spiro atoms. The second-order valence-electron chi connectivity index (χ2n) is 5.94. The summed E-state index contributed by atoms with van der Waals surface area (Å²) in [6.45, 7) is 2.09. The molecular weight excluding hydrogens is 324 g/mol. The second-order valence-corrected chi connectivity index (χ2v) is 5.94. The minimum Gasteiger partial charge on any atom is -0.363 e. The molecule has 26 heavy (non-hydrogen) atoms. The fraction of sp³-hybridized carbons (Fsp3) is 0.100. The second kappa shape index (κ2) is 6.65. The summed E-state index contributed by atoms with van der Waals surface area (Å²) in [5.41, 5.74) is 3.23. The molecule has 1 N–H and O–H groups in total. The van der Waals surface area contributed by atoms with E-state index in [2.05, 4.69) is 45.4 Å². The minimum atomic E-state index is 0.117. The van der Waals surface area contributed by atoms with Crippen LogP contribution in [0, 0.1) is 11.3 Å². The smallest absolute Gasteiger partial charge is 0.180 e. The van der Waals surface area contributed by atoms with Gasteiger partial charge in [0.15, 0.2) is 5.82 Å². The number of imidazole rings is 1. The molecule has 1 unspecified atom stereocenters. The van der Waals surface area contributed by atoms with E-state index in [9.17, 15) is 0 Å². The van der Waals surface area contributed by atoms with Gasteiger partial charge in [0.1, 0.15) is 23.2 Å². The average Bonchev–Trinajstić information content (AvgIpc) is 3.12. The quantitative estimate of drug-likeness (QED) is 0.611. The Hall–Kier alpha value is -3.72. The van der Waals surface area contributed by atoms with Crippen molar-refractivity contribution in [1.82, 2.24) is 19.4 Å². The van der Waals surface area contributed by atoms with Crippen LogP contribution in [0.2, 0.25) is 0 Å². The molecule has 0 amide bonds.